The fraction of sp³-hybridized carbons (Fsp3) is 0.333. The molecule has 0 saturated heterocycles. The molecule has 1 N–H and O–H groups in total. The lowest BCUT2D eigenvalue weighted by atomic mass is 10.2. The Bertz CT molecular complexity index is 497. The van der Waals surface area contributed by atoms with Crippen LogP contribution in [0.1, 0.15) is 12.5 Å². The molecule has 0 heterocycles. The van der Waals surface area contributed by atoms with E-state index < -0.39 is 10.0 Å². The molecule has 6 heteroatoms. The molecule has 1 unspecified atom stereocenters. The number of nitrogens with one attached hydrogen (secondary N) is 1. The molecule has 0 aliphatic heterocycles. The monoisotopic (exact) mass is 289 g/mol. The minimum absolute atomic E-state index is 0.269. The number of hydrogen-bond donors (Lipinski definition) is 1. The van der Waals surface area contributed by atoms with Crippen molar-refractivity contribution in [3.05, 3.63) is 40.3 Å². The highest BCUT2D eigenvalue weighted by Gasteiger charge is 2.10. The maximum Gasteiger partial charge on any atom is 0.234 e. The number of benzene rings is 1. The summed E-state index contributed by atoms with van der Waals surface area (Å²) >= 11 is 5.74. The summed E-state index contributed by atoms with van der Waals surface area (Å²) in [5, 5.41) is 1.74. The van der Waals surface area contributed by atoms with E-state index in [1.54, 1.807) is 31.2 Å². The van der Waals surface area contributed by atoms with E-state index in [0.29, 0.717) is 11.6 Å². The van der Waals surface area contributed by atoms with Crippen molar-refractivity contribution in [1.29, 1.82) is 0 Å². The highest BCUT2D eigenvalue weighted by atomic mass is 35.5. The summed E-state index contributed by atoms with van der Waals surface area (Å²) in [6.45, 7) is 2.06. The van der Waals surface area contributed by atoms with Crippen LogP contribution < -0.4 is 4.72 Å². The molecule has 100 valence electrons. The van der Waals surface area contributed by atoms with Crippen LogP contribution >= 0.6 is 11.6 Å². The van der Waals surface area contributed by atoms with Crippen LogP contribution in [-0.4, -0.2) is 28.2 Å². The lowest BCUT2D eigenvalue weighted by Gasteiger charge is -2.10. The Hall–Kier alpha value is -0.880. The van der Waals surface area contributed by atoms with E-state index in [0.717, 1.165) is 11.0 Å². The second-order valence-corrected chi connectivity index (χ2v) is 5.91. The van der Waals surface area contributed by atoms with Gasteiger partial charge in [-0.3, -0.25) is 0 Å². The van der Waals surface area contributed by atoms with Gasteiger partial charge in [-0.15, -0.1) is 0 Å². The predicted molar refractivity (Wildman–Crippen MR) is 73.9 cm³/mol. The first-order valence-corrected chi connectivity index (χ1v) is 7.30. The third-order valence-corrected chi connectivity index (χ3v) is 3.57. The normalized spacial score (nSPS) is 13.9. The van der Waals surface area contributed by atoms with Crippen LogP contribution in [0.4, 0.5) is 0 Å². The minimum Gasteiger partial charge on any atom is -0.383 e. The zero-order chi connectivity index (χ0) is 13.6. The van der Waals surface area contributed by atoms with Gasteiger partial charge in [0, 0.05) is 23.6 Å². The number of methoxy groups -OCH3 is 1. The molecular formula is C12H16ClNO3S. The van der Waals surface area contributed by atoms with Crippen LogP contribution in [0.3, 0.4) is 0 Å². The summed E-state index contributed by atoms with van der Waals surface area (Å²) in [4.78, 5) is 0. The average Bonchev–Trinajstić information content (AvgIpc) is 2.28. The lowest BCUT2D eigenvalue weighted by Crippen LogP contribution is -2.34. The van der Waals surface area contributed by atoms with Crippen molar-refractivity contribution in [2.45, 2.75) is 13.0 Å². The Morgan fingerprint density at radius 1 is 1.39 bits per heavy atom. The number of hydrogen-bond acceptors (Lipinski definition) is 3. The lowest BCUT2D eigenvalue weighted by molar-refractivity contribution is 0.180. The largest absolute Gasteiger partial charge is 0.383 e. The van der Waals surface area contributed by atoms with Crippen molar-refractivity contribution in [1.82, 2.24) is 4.72 Å². The molecule has 0 bridgehead atoms. The molecule has 4 nitrogen and oxygen atoms in total. The Kier molecular flexibility index (Phi) is 5.81. The zero-order valence-electron chi connectivity index (χ0n) is 10.3. The van der Waals surface area contributed by atoms with Crippen LogP contribution in [0.15, 0.2) is 29.7 Å². The molecule has 1 aromatic rings. The van der Waals surface area contributed by atoms with Crippen LogP contribution in [0.5, 0.6) is 0 Å². The molecular weight excluding hydrogens is 274 g/mol. The van der Waals surface area contributed by atoms with Gasteiger partial charge in [-0.25, -0.2) is 13.1 Å². The fourth-order valence-electron chi connectivity index (χ4n) is 1.35. The SMILES string of the molecule is COCC(C)NS(=O)(=O)C=Cc1ccc(Cl)cc1. The standard InChI is InChI=1S/C12H16ClNO3S/c1-10(9-17-2)14-18(15,16)8-7-11-3-5-12(13)6-4-11/h3-8,10,14H,9H2,1-2H3. The summed E-state index contributed by atoms with van der Waals surface area (Å²) in [5.74, 6) is 0. The molecule has 1 atom stereocenters. The quantitative estimate of drug-likeness (QED) is 0.874. The number of rotatable bonds is 6. The average molecular weight is 290 g/mol. The number of halogens is 1. The van der Waals surface area contributed by atoms with Gasteiger partial charge >= 0.3 is 0 Å². The Labute approximate surface area is 113 Å². The molecule has 0 aromatic heterocycles. The van der Waals surface area contributed by atoms with Crippen LogP contribution in [0, 0.1) is 0 Å². The van der Waals surface area contributed by atoms with E-state index in [-0.39, 0.29) is 6.04 Å². The minimum atomic E-state index is -3.45. The topological polar surface area (TPSA) is 55.4 Å². The van der Waals surface area contributed by atoms with Gasteiger partial charge in [-0.2, -0.15) is 0 Å². The summed E-state index contributed by atoms with van der Waals surface area (Å²) in [6, 6.07) is 6.62. The first kappa shape index (κ1) is 15.2. The van der Waals surface area contributed by atoms with E-state index in [9.17, 15) is 8.42 Å². The smallest absolute Gasteiger partial charge is 0.234 e. The molecule has 0 fully saturated rings. The van der Waals surface area contributed by atoms with Gasteiger partial charge in [0.1, 0.15) is 0 Å². The Balaban J connectivity index is 2.67. The summed E-state index contributed by atoms with van der Waals surface area (Å²) in [6.07, 6.45) is 1.51. The van der Waals surface area contributed by atoms with Crippen molar-refractivity contribution in [3.8, 4) is 0 Å². The molecule has 1 rings (SSSR count). The van der Waals surface area contributed by atoms with Crippen molar-refractivity contribution in [3.63, 3.8) is 0 Å². The van der Waals surface area contributed by atoms with Gasteiger partial charge in [0.05, 0.1) is 6.61 Å². The van der Waals surface area contributed by atoms with Crippen molar-refractivity contribution in [2.75, 3.05) is 13.7 Å². The number of sulfonamides is 1. The third-order valence-electron chi connectivity index (χ3n) is 2.09. The second kappa shape index (κ2) is 6.89. The molecule has 0 saturated carbocycles. The number of ether oxygens (including phenoxy) is 1. The summed E-state index contributed by atoms with van der Waals surface area (Å²) < 4.78 is 30.7. The van der Waals surface area contributed by atoms with E-state index >= 15 is 0 Å². The van der Waals surface area contributed by atoms with E-state index in [1.165, 1.54) is 13.2 Å². The first-order chi connectivity index (χ1) is 8.43. The fourth-order valence-corrected chi connectivity index (χ4v) is 2.52. The Morgan fingerprint density at radius 2 is 2.00 bits per heavy atom. The Morgan fingerprint density at radius 3 is 2.56 bits per heavy atom. The van der Waals surface area contributed by atoms with Gasteiger partial charge in [0.2, 0.25) is 10.0 Å². The maximum atomic E-state index is 11.7. The molecule has 0 radical (unpaired) electrons. The highest BCUT2D eigenvalue weighted by molar-refractivity contribution is 7.92. The van der Waals surface area contributed by atoms with Gasteiger partial charge in [0.15, 0.2) is 0 Å². The van der Waals surface area contributed by atoms with E-state index in [4.69, 9.17) is 16.3 Å². The molecule has 0 spiro atoms. The van der Waals surface area contributed by atoms with Crippen LogP contribution in [0.2, 0.25) is 5.02 Å². The molecule has 18 heavy (non-hydrogen) atoms. The van der Waals surface area contributed by atoms with Gasteiger partial charge < -0.3 is 4.74 Å². The van der Waals surface area contributed by atoms with E-state index in [1.807, 2.05) is 0 Å². The van der Waals surface area contributed by atoms with Gasteiger partial charge in [-0.1, -0.05) is 23.7 Å². The van der Waals surface area contributed by atoms with Crippen LogP contribution in [0.25, 0.3) is 6.08 Å². The summed E-state index contributed by atoms with van der Waals surface area (Å²) in [7, 11) is -1.93. The highest BCUT2D eigenvalue weighted by Crippen LogP contribution is 2.11. The summed E-state index contributed by atoms with van der Waals surface area (Å²) in [5.41, 5.74) is 0.768. The second-order valence-electron chi connectivity index (χ2n) is 3.87. The zero-order valence-corrected chi connectivity index (χ0v) is 11.8. The molecule has 0 aliphatic rings. The van der Waals surface area contributed by atoms with Gasteiger partial charge in [0.25, 0.3) is 0 Å². The van der Waals surface area contributed by atoms with E-state index in [2.05, 4.69) is 4.72 Å². The third kappa shape index (κ3) is 5.64. The van der Waals surface area contributed by atoms with Gasteiger partial charge in [-0.05, 0) is 30.7 Å². The van der Waals surface area contributed by atoms with Crippen molar-refractivity contribution >= 4 is 27.7 Å². The maximum absolute atomic E-state index is 11.7. The predicted octanol–water partition coefficient (Wildman–Crippen LogP) is 2.26. The van der Waals surface area contributed by atoms with Crippen molar-refractivity contribution < 1.29 is 13.2 Å². The first-order valence-electron chi connectivity index (χ1n) is 5.38. The molecule has 1 aromatic carbocycles. The molecule has 0 aliphatic carbocycles. The van der Waals surface area contributed by atoms with Crippen LogP contribution in [-0.2, 0) is 14.8 Å². The van der Waals surface area contributed by atoms with Crippen molar-refractivity contribution in [2.24, 2.45) is 0 Å². The molecule has 0 amide bonds.